The Morgan fingerprint density at radius 3 is 2.76 bits per heavy atom. The highest BCUT2D eigenvalue weighted by atomic mass is 16.6. The zero-order valence-electron chi connectivity index (χ0n) is 9.90. The summed E-state index contributed by atoms with van der Waals surface area (Å²) in [6, 6.07) is 5.83. The van der Waals surface area contributed by atoms with Crippen molar-refractivity contribution in [2.75, 3.05) is 18.4 Å². The second-order valence-corrected chi connectivity index (χ2v) is 4.41. The number of hydrogen-bond donors (Lipinski definition) is 2. The minimum atomic E-state index is -0.353. The smallest absolute Gasteiger partial charge is 0.272 e. The van der Waals surface area contributed by atoms with Crippen LogP contribution in [0.15, 0.2) is 18.2 Å². The Kier molecular flexibility index (Phi) is 3.58. The third kappa shape index (κ3) is 3.42. The van der Waals surface area contributed by atoms with Crippen LogP contribution < -0.4 is 10.6 Å². The maximum absolute atomic E-state index is 10.7. The number of benzene rings is 1. The largest absolute Gasteiger partial charge is 0.384 e. The van der Waals surface area contributed by atoms with Gasteiger partial charge in [0.1, 0.15) is 0 Å². The number of nitro benzene ring substituents is 1. The van der Waals surface area contributed by atoms with E-state index < -0.39 is 0 Å². The first-order chi connectivity index (χ1) is 8.16. The standard InChI is InChI=1S/C12H17N3O2/c1-9-8-11(4-5-12(9)15(16)17)14-7-6-13-10-2-3-10/h4-5,8,10,13-14H,2-3,6-7H2,1H3. The molecule has 2 rings (SSSR count). The van der Waals surface area contributed by atoms with E-state index in [1.54, 1.807) is 19.1 Å². The van der Waals surface area contributed by atoms with Crippen molar-refractivity contribution >= 4 is 11.4 Å². The Hall–Kier alpha value is -1.62. The summed E-state index contributed by atoms with van der Waals surface area (Å²) in [5.74, 6) is 0. The first kappa shape index (κ1) is 11.9. The first-order valence-corrected chi connectivity index (χ1v) is 5.89. The maximum Gasteiger partial charge on any atom is 0.272 e. The molecule has 0 bridgehead atoms. The van der Waals surface area contributed by atoms with Crippen LogP contribution in [-0.2, 0) is 0 Å². The summed E-state index contributed by atoms with van der Waals surface area (Å²) in [4.78, 5) is 10.3. The van der Waals surface area contributed by atoms with Crippen molar-refractivity contribution in [3.8, 4) is 0 Å². The van der Waals surface area contributed by atoms with Gasteiger partial charge in [-0.2, -0.15) is 0 Å². The van der Waals surface area contributed by atoms with Crippen molar-refractivity contribution in [3.05, 3.63) is 33.9 Å². The Bertz CT molecular complexity index is 416. The third-order valence-corrected chi connectivity index (χ3v) is 2.86. The molecule has 92 valence electrons. The van der Waals surface area contributed by atoms with E-state index in [1.165, 1.54) is 12.8 Å². The van der Waals surface area contributed by atoms with Gasteiger partial charge in [0.15, 0.2) is 0 Å². The second-order valence-electron chi connectivity index (χ2n) is 4.41. The molecule has 0 atom stereocenters. The van der Waals surface area contributed by atoms with E-state index in [0.29, 0.717) is 5.56 Å². The van der Waals surface area contributed by atoms with Gasteiger partial charge in [-0.1, -0.05) is 0 Å². The number of rotatable bonds is 6. The van der Waals surface area contributed by atoms with E-state index in [0.717, 1.165) is 24.8 Å². The highest BCUT2D eigenvalue weighted by Gasteiger charge is 2.19. The number of hydrogen-bond acceptors (Lipinski definition) is 4. The summed E-state index contributed by atoms with van der Waals surface area (Å²) in [5, 5.41) is 17.3. The number of aryl methyl sites for hydroxylation is 1. The number of nitro groups is 1. The normalized spacial score (nSPS) is 14.6. The lowest BCUT2D eigenvalue weighted by atomic mass is 10.2. The summed E-state index contributed by atoms with van der Waals surface area (Å²) >= 11 is 0. The van der Waals surface area contributed by atoms with Crippen molar-refractivity contribution in [2.45, 2.75) is 25.8 Å². The molecule has 1 fully saturated rings. The molecule has 1 aromatic carbocycles. The van der Waals surface area contributed by atoms with Gasteiger partial charge in [0.2, 0.25) is 0 Å². The van der Waals surface area contributed by atoms with Crippen LogP contribution in [0.25, 0.3) is 0 Å². The summed E-state index contributed by atoms with van der Waals surface area (Å²) < 4.78 is 0. The van der Waals surface area contributed by atoms with Crippen molar-refractivity contribution in [1.82, 2.24) is 5.32 Å². The number of anilines is 1. The van der Waals surface area contributed by atoms with Gasteiger partial charge < -0.3 is 10.6 Å². The van der Waals surface area contributed by atoms with Crippen LogP contribution in [0.4, 0.5) is 11.4 Å². The van der Waals surface area contributed by atoms with E-state index in [-0.39, 0.29) is 10.6 Å². The SMILES string of the molecule is Cc1cc(NCCNC2CC2)ccc1[N+](=O)[O-]. The molecule has 0 amide bonds. The predicted octanol–water partition coefficient (Wildman–Crippen LogP) is 2.07. The topological polar surface area (TPSA) is 67.2 Å². The predicted molar refractivity (Wildman–Crippen MR) is 67.3 cm³/mol. The van der Waals surface area contributed by atoms with Gasteiger partial charge in [-0.15, -0.1) is 0 Å². The molecular formula is C12H17N3O2. The zero-order valence-corrected chi connectivity index (χ0v) is 9.90. The fourth-order valence-corrected chi connectivity index (χ4v) is 1.74. The van der Waals surface area contributed by atoms with E-state index in [1.807, 2.05) is 6.07 Å². The molecule has 1 aromatic rings. The molecule has 1 aliphatic carbocycles. The molecule has 0 aromatic heterocycles. The highest BCUT2D eigenvalue weighted by Crippen LogP contribution is 2.21. The van der Waals surface area contributed by atoms with Gasteiger partial charge in [0.25, 0.3) is 5.69 Å². The molecule has 0 radical (unpaired) electrons. The minimum Gasteiger partial charge on any atom is -0.384 e. The molecule has 0 heterocycles. The van der Waals surface area contributed by atoms with Gasteiger partial charge in [-0.05, 0) is 31.9 Å². The molecule has 0 saturated heterocycles. The van der Waals surface area contributed by atoms with Gasteiger partial charge >= 0.3 is 0 Å². The molecule has 2 N–H and O–H groups in total. The van der Waals surface area contributed by atoms with Gasteiger partial charge in [-0.25, -0.2) is 0 Å². The Labute approximate surface area is 100 Å². The quantitative estimate of drug-likeness (QED) is 0.450. The van der Waals surface area contributed by atoms with E-state index in [2.05, 4.69) is 10.6 Å². The molecule has 17 heavy (non-hydrogen) atoms. The van der Waals surface area contributed by atoms with Crippen LogP contribution in [0.5, 0.6) is 0 Å². The van der Waals surface area contributed by atoms with Crippen molar-refractivity contribution in [3.63, 3.8) is 0 Å². The van der Waals surface area contributed by atoms with Crippen LogP contribution in [0.1, 0.15) is 18.4 Å². The number of nitrogens with one attached hydrogen (secondary N) is 2. The fourth-order valence-electron chi connectivity index (χ4n) is 1.74. The lowest BCUT2D eigenvalue weighted by molar-refractivity contribution is -0.385. The lowest BCUT2D eigenvalue weighted by Gasteiger charge is -2.08. The molecule has 5 nitrogen and oxygen atoms in total. The molecule has 0 spiro atoms. The monoisotopic (exact) mass is 235 g/mol. The molecule has 0 aliphatic heterocycles. The van der Waals surface area contributed by atoms with E-state index in [9.17, 15) is 10.1 Å². The second kappa shape index (κ2) is 5.14. The fraction of sp³-hybridized carbons (Fsp3) is 0.500. The summed E-state index contributed by atoms with van der Waals surface area (Å²) in [6.07, 6.45) is 2.58. The van der Waals surface area contributed by atoms with Crippen LogP contribution >= 0.6 is 0 Å². The Morgan fingerprint density at radius 2 is 2.18 bits per heavy atom. The Balaban J connectivity index is 1.83. The summed E-state index contributed by atoms with van der Waals surface area (Å²) in [7, 11) is 0. The van der Waals surface area contributed by atoms with Crippen LogP contribution in [0.3, 0.4) is 0 Å². The molecule has 1 aliphatic rings. The number of nitrogens with zero attached hydrogens (tertiary/aromatic N) is 1. The van der Waals surface area contributed by atoms with Crippen LogP contribution in [0, 0.1) is 17.0 Å². The van der Waals surface area contributed by atoms with Gasteiger partial charge in [-0.3, -0.25) is 10.1 Å². The zero-order chi connectivity index (χ0) is 12.3. The van der Waals surface area contributed by atoms with Crippen LogP contribution in [-0.4, -0.2) is 24.1 Å². The summed E-state index contributed by atoms with van der Waals surface area (Å²) in [5.41, 5.74) is 1.80. The average Bonchev–Trinajstić information content (AvgIpc) is 3.08. The van der Waals surface area contributed by atoms with E-state index >= 15 is 0 Å². The Morgan fingerprint density at radius 1 is 1.41 bits per heavy atom. The van der Waals surface area contributed by atoms with Crippen LogP contribution in [0.2, 0.25) is 0 Å². The summed E-state index contributed by atoms with van der Waals surface area (Å²) in [6.45, 7) is 3.53. The van der Waals surface area contributed by atoms with Gasteiger partial charge in [0.05, 0.1) is 4.92 Å². The maximum atomic E-state index is 10.7. The third-order valence-electron chi connectivity index (χ3n) is 2.86. The molecule has 5 heteroatoms. The average molecular weight is 235 g/mol. The highest BCUT2D eigenvalue weighted by molar-refractivity contribution is 5.53. The minimum absolute atomic E-state index is 0.173. The van der Waals surface area contributed by atoms with Gasteiger partial charge in [0, 0.05) is 36.4 Å². The first-order valence-electron chi connectivity index (χ1n) is 5.89. The van der Waals surface area contributed by atoms with Crippen molar-refractivity contribution in [2.24, 2.45) is 0 Å². The van der Waals surface area contributed by atoms with Crippen molar-refractivity contribution < 1.29 is 4.92 Å². The molecular weight excluding hydrogens is 218 g/mol. The van der Waals surface area contributed by atoms with Crippen molar-refractivity contribution in [1.29, 1.82) is 0 Å². The molecule has 0 unspecified atom stereocenters. The van der Waals surface area contributed by atoms with E-state index in [4.69, 9.17) is 0 Å². The molecule has 1 saturated carbocycles. The lowest BCUT2D eigenvalue weighted by Crippen LogP contribution is -2.23.